The second kappa shape index (κ2) is 11.9. The summed E-state index contributed by atoms with van der Waals surface area (Å²) in [5, 5.41) is 9.32. The van der Waals surface area contributed by atoms with Crippen LogP contribution in [0.2, 0.25) is 0 Å². The number of aromatic nitrogens is 1. The Kier molecular flexibility index (Phi) is 8.83. The molecule has 1 aliphatic carbocycles. The van der Waals surface area contributed by atoms with Gasteiger partial charge < -0.3 is 15.5 Å². The van der Waals surface area contributed by atoms with E-state index in [1.165, 1.54) is 28.7 Å². The molecule has 1 saturated carbocycles. The Morgan fingerprint density at radius 2 is 1.72 bits per heavy atom. The number of piperidine rings is 1. The number of aryl methyl sites for hydroxylation is 2. The Hall–Kier alpha value is -2.25. The van der Waals surface area contributed by atoms with Gasteiger partial charge in [-0.05, 0) is 89.5 Å². The highest BCUT2D eigenvalue weighted by atomic mass is 32.1. The highest BCUT2D eigenvalue weighted by Crippen LogP contribution is 2.38. The fraction of sp³-hybridized carbons (Fsp3) is 0.621. The number of benzene rings is 1. The topological polar surface area (TPSA) is 74.3 Å². The molecule has 4 rings (SSSR count). The largest absolute Gasteiger partial charge is 0.343 e. The molecule has 1 aromatic carbocycles. The number of carbonyl (C=O) groups excluding carboxylic acids is 2. The van der Waals surface area contributed by atoms with Crippen LogP contribution >= 0.6 is 11.3 Å². The summed E-state index contributed by atoms with van der Waals surface area (Å²) in [5.74, 6) is 0.172. The standard InChI is InChI=1S/C29H42N4O2S/c1-18-14-15-19(2)25(20(18)3)23-17-36-28(31-23)24-13-9-10-16-33(24)29(35)26(22-11-7-6-8-12-22)32-27(34)21(4)30-5/h14-15,17,21-22,24,26,30H,6-13,16H2,1-5H3,(H,32,34)/t21-,24-,26?/m0/s1. The summed E-state index contributed by atoms with van der Waals surface area (Å²) in [5.41, 5.74) is 5.97. The van der Waals surface area contributed by atoms with Gasteiger partial charge >= 0.3 is 0 Å². The van der Waals surface area contributed by atoms with Gasteiger partial charge in [0.15, 0.2) is 0 Å². The van der Waals surface area contributed by atoms with Gasteiger partial charge in [0.25, 0.3) is 0 Å². The van der Waals surface area contributed by atoms with Crippen LogP contribution in [-0.2, 0) is 9.59 Å². The van der Waals surface area contributed by atoms with Crippen molar-refractivity contribution in [1.29, 1.82) is 0 Å². The monoisotopic (exact) mass is 510 g/mol. The molecule has 1 saturated heterocycles. The third-order valence-electron chi connectivity index (χ3n) is 8.30. The van der Waals surface area contributed by atoms with Crippen molar-refractivity contribution < 1.29 is 9.59 Å². The van der Waals surface area contributed by atoms with Crippen molar-refractivity contribution in [2.75, 3.05) is 13.6 Å². The first-order chi connectivity index (χ1) is 17.3. The molecular weight excluding hydrogens is 468 g/mol. The summed E-state index contributed by atoms with van der Waals surface area (Å²) in [6, 6.07) is 3.51. The average Bonchev–Trinajstić information content (AvgIpc) is 3.38. The van der Waals surface area contributed by atoms with Gasteiger partial charge in [0, 0.05) is 17.5 Å². The van der Waals surface area contributed by atoms with E-state index in [1.54, 1.807) is 18.4 Å². The molecule has 2 N–H and O–H groups in total. The lowest BCUT2D eigenvalue weighted by Gasteiger charge is -2.40. The Labute approximate surface area is 220 Å². The molecule has 2 fully saturated rings. The van der Waals surface area contributed by atoms with E-state index in [2.05, 4.69) is 48.9 Å². The summed E-state index contributed by atoms with van der Waals surface area (Å²) >= 11 is 1.66. The second-order valence-electron chi connectivity index (χ2n) is 10.7. The lowest BCUT2D eigenvalue weighted by molar-refractivity contribution is -0.142. The van der Waals surface area contributed by atoms with Crippen molar-refractivity contribution in [3.05, 3.63) is 39.2 Å². The SMILES string of the molecule is CN[C@@H](C)C(=O)NC(C(=O)N1CCCC[C@H]1c1nc(-c2c(C)ccc(C)c2C)cs1)C1CCCCC1. The van der Waals surface area contributed by atoms with Crippen LogP contribution in [-0.4, -0.2) is 47.4 Å². The summed E-state index contributed by atoms with van der Waals surface area (Å²) in [6.45, 7) is 9.01. The van der Waals surface area contributed by atoms with Crippen molar-refractivity contribution >= 4 is 23.2 Å². The zero-order valence-corrected chi connectivity index (χ0v) is 23.3. The van der Waals surface area contributed by atoms with Gasteiger partial charge in [-0.2, -0.15) is 0 Å². The van der Waals surface area contributed by atoms with Crippen molar-refractivity contribution in [1.82, 2.24) is 20.5 Å². The number of carbonyl (C=O) groups is 2. The highest BCUT2D eigenvalue weighted by molar-refractivity contribution is 7.10. The molecule has 2 aromatic rings. The normalized spacial score (nSPS) is 20.7. The van der Waals surface area contributed by atoms with E-state index < -0.39 is 6.04 Å². The molecule has 0 radical (unpaired) electrons. The summed E-state index contributed by atoms with van der Waals surface area (Å²) in [7, 11) is 1.78. The van der Waals surface area contributed by atoms with Crippen LogP contribution < -0.4 is 10.6 Å². The first-order valence-corrected chi connectivity index (χ1v) is 14.5. The lowest BCUT2D eigenvalue weighted by Crippen LogP contribution is -2.56. The first-order valence-electron chi connectivity index (χ1n) is 13.6. The fourth-order valence-electron chi connectivity index (χ4n) is 5.79. The smallest absolute Gasteiger partial charge is 0.246 e. The number of hydrogen-bond acceptors (Lipinski definition) is 5. The van der Waals surface area contributed by atoms with E-state index in [4.69, 9.17) is 4.98 Å². The number of nitrogens with zero attached hydrogens (tertiary/aromatic N) is 2. The number of likely N-dealkylation sites (tertiary alicyclic amines) is 1. The van der Waals surface area contributed by atoms with Crippen LogP contribution in [0, 0.1) is 26.7 Å². The van der Waals surface area contributed by atoms with Gasteiger partial charge in [-0.15, -0.1) is 11.3 Å². The van der Waals surface area contributed by atoms with Gasteiger partial charge in [0.2, 0.25) is 11.8 Å². The van der Waals surface area contributed by atoms with Gasteiger partial charge in [-0.1, -0.05) is 31.4 Å². The van der Waals surface area contributed by atoms with Crippen molar-refractivity contribution in [2.24, 2.45) is 5.92 Å². The van der Waals surface area contributed by atoms with Crippen LogP contribution in [0.3, 0.4) is 0 Å². The second-order valence-corrected chi connectivity index (χ2v) is 11.6. The molecule has 1 aromatic heterocycles. The van der Waals surface area contributed by atoms with E-state index in [0.717, 1.165) is 62.2 Å². The van der Waals surface area contributed by atoms with Gasteiger partial charge in [0.05, 0.1) is 17.8 Å². The number of thiazole rings is 1. The molecule has 36 heavy (non-hydrogen) atoms. The maximum Gasteiger partial charge on any atom is 0.246 e. The zero-order valence-electron chi connectivity index (χ0n) is 22.5. The molecule has 7 heteroatoms. The number of nitrogens with one attached hydrogen (secondary N) is 2. The maximum atomic E-state index is 14.1. The minimum absolute atomic E-state index is 0.0277. The molecule has 0 spiro atoms. The predicted octanol–water partition coefficient (Wildman–Crippen LogP) is 5.46. The molecule has 2 amide bonds. The van der Waals surface area contributed by atoms with Crippen LogP contribution in [0.1, 0.15) is 86.0 Å². The van der Waals surface area contributed by atoms with Crippen LogP contribution in [0.5, 0.6) is 0 Å². The Morgan fingerprint density at radius 1 is 1.03 bits per heavy atom. The molecule has 1 unspecified atom stereocenters. The molecule has 2 heterocycles. The zero-order chi connectivity index (χ0) is 25.8. The van der Waals surface area contributed by atoms with E-state index >= 15 is 0 Å². The van der Waals surface area contributed by atoms with Gasteiger partial charge in [0.1, 0.15) is 11.0 Å². The van der Waals surface area contributed by atoms with Crippen molar-refractivity contribution in [3.63, 3.8) is 0 Å². The van der Waals surface area contributed by atoms with E-state index in [1.807, 2.05) is 11.8 Å². The molecule has 1 aliphatic heterocycles. The molecule has 196 valence electrons. The summed E-state index contributed by atoms with van der Waals surface area (Å²) in [4.78, 5) is 34.1. The van der Waals surface area contributed by atoms with Crippen LogP contribution in [0.15, 0.2) is 17.5 Å². The number of likely N-dealkylation sites (N-methyl/N-ethyl adjacent to an activating group) is 1. The maximum absolute atomic E-state index is 14.1. The highest BCUT2D eigenvalue weighted by Gasteiger charge is 2.39. The third-order valence-corrected chi connectivity index (χ3v) is 9.25. The minimum Gasteiger partial charge on any atom is -0.343 e. The fourth-order valence-corrected chi connectivity index (χ4v) is 6.75. The van der Waals surface area contributed by atoms with E-state index in [0.29, 0.717) is 0 Å². The van der Waals surface area contributed by atoms with E-state index in [9.17, 15) is 9.59 Å². The number of rotatable bonds is 7. The molecule has 3 atom stereocenters. The molecule has 2 aliphatic rings. The molecular formula is C29H42N4O2S. The Balaban J connectivity index is 1.61. The van der Waals surface area contributed by atoms with Crippen molar-refractivity contribution in [3.8, 4) is 11.3 Å². The predicted molar refractivity (Wildman–Crippen MR) is 147 cm³/mol. The van der Waals surface area contributed by atoms with Crippen LogP contribution in [0.4, 0.5) is 0 Å². The Bertz CT molecular complexity index is 1080. The minimum atomic E-state index is -0.463. The number of amides is 2. The number of hydrogen-bond donors (Lipinski definition) is 2. The van der Waals surface area contributed by atoms with Gasteiger partial charge in [-0.25, -0.2) is 4.98 Å². The average molecular weight is 511 g/mol. The Morgan fingerprint density at radius 3 is 2.44 bits per heavy atom. The van der Waals surface area contributed by atoms with E-state index in [-0.39, 0.29) is 29.8 Å². The molecule has 0 bridgehead atoms. The first kappa shape index (κ1) is 26.8. The quantitative estimate of drug-likeness (QED) is 0.519. The van der Waals surface area contributed by atoms with Gasteiger partial charge in [-0.3, -0.25) is 9.59 Å². The summed E-state index contributed by atoms with van der Waals surface area (Å²) in [6.07, 6.45) is 8.46. The lowest BCUT2D eigenvalue weighted by atomic mass is 9.82. The third kappa shape index (κ3) is 5.67. The summed E-state index contributed by atoms with van der Waals surface area (Å²) < 4.78 is 0. The van der Waals surface area contributed by atoms with Crippen LogP contribution in [0.25, 0.3) is 11.3 Å². The molecule has 6 nitrogen and oxygen atoms in total. The van der Waals surface area contributed by atoms with Crippen molar-refractivity contribution in [2.45, 2.75) is 97.2 Å².